The number of hydrogen-bond donors (Lipinski definition) is 2. The van der Waals surface area contributed by atoms with E-state index in [1.165, 1.54) is 0 Å². The quantitative estimate of drug-likeness (QED) is 0.690. The van der Waals surface area contributed by atoms with Crippen LogP contribution in [-0.4, -0.2) is 32.0 Å². The predicted molar refractivity (Wildman–Crippen MR) is 60.8 cm³/mol. The van der Waals surface area contributed by atoms with Gasteiger partial charge in [-0.05, 0) is 12.5 Å². The van der Waals surface area contributed by atoms with E-state index in [1.54, 1.807) is 7.11 Å². The van der Waals surface area contributed by atoms with E-state index in [2.05, 4.69) is 5.32 Å². The fourth-order valence-corrected chi connectivity index (χ4v) is 1.48. The Morgan fingerprint density at radius 3 is 2.53 bits per heavy atom. The number of ether oxygens (including phenoxy) is 1. The topological polar surface area (TPSA) is 41.5 Å². The van der Waals surface area contributed by atoms with Gasteiger partial charge in [0, 0.05) is 13.7 Å². The molecule has 0 aliphatic carbocycles. The first-order valence-electron chi connectivity index (χ1n) is 5.13. The number of benzene rings is 1. The minimum absolute atomic E-state index is 0.0702. The van der Waals surface area contributed by atoms with Crippen LogP contribution in [0.4, 0.5) is 0 Å². The van der Waals surface area contributed by atoms with Crippen LogP contribution in [0.25, 0.3) is 0 Å². The Labute approximate surface area is 91.1 Å². The van der Waals surface area contributed by atoms with E-state index < -0.39 is 0 Å². The summed E-state index contributed by atoms with van der Waals surface area (Å²) in [6.07, 6.45) is 0. The maximum Gasteiger partial charge on any atom is 0.0652 e. The summed E-state index contributed by atoms with van der Waals surface area (Å²) >= 11 is 0. The van der Waals surface area contributed by atoms with Gasteiger partial charge < -0.3 is 15.2 Å². The monoisotopic (exact) mass is 209 g/mol. The van der Waals surface area contributed by atoms with Crippen LogP contribution in [-0.2, 0) is 10.3 Å². The summed E-state index contributed by atoms with van der Waals surface area (Å²) in [5, 5.41) is 12.7. The van der Waals surface area contributed by atoms with Crippen LogP contribution in [0.2, 0.25) is 0 Å². The molecule has 1 rings (SSSR count). The molecule has 0 aliphatic heterocycles. The van der Waals surface area contributed by atoms with Gasteiger partial charge in [0.2, 0.25) is 0 Å². The van der Waals surface area contributed by atoms with Crippen LogP contribution in [0.5, 0.6) is 0 Å². The van der Waals surface area contributed by atoms with Crippen molar-refractivity contribution in [2.45, 2.75) is 12.5 Å². The summed E-state index contributed by atoms with van der Waals surface area (Å²) < 4.78 is 4.97. The lowest BCUT2D eigenvalue weighted by Crippen LogP contribution is -2.44. The molecule has 1 aromatic rings. The molecular weight excluding hydrogens is 190 g/mol. The number of hydrogen-bond acceptors (Lipinski definition) is 3. The van der Waals surface area contributed by atoms with Crippen LogP contribution in [0, 0.1) is 0 Å². The fourth-order valence-electron chi connectivity index (χ4n) is 1.48. The Bertz CT molecular complexity index is 276. The summed E-state index contributed by atoms with van der Waals surface area (Å²) in [4.78, 5) is 0. The van der Waals surface area contributed by atoms with E-state index in [9.17, 15) is 5.11 Å². The molecule has 1 atom stereocenters. The molecule has 0 saturated carbocycles. The van der Waals surface area contributed by atoms with Crippen LogP contribution in [0.3, 0.4) is 0 Å². The van der Waals surface area contributed by atoms with Crippen molar-refractivity contribution in [2.75, 3.05) is 26.9 Å². The van der Waals surface area contributed by atoms with Crippen LogP contribution in [0.15, 0.2) is 30.3 Å². The van der Waals surface area contributed by atoms with Crippen molar-refractivity contribution in [3.8, 4) is 0 Å². The number of nitrogens with one attached hydrogen (secondary N) is 1. The van der Waals surface area contributed by atoms with E-state index in [0.717, 1.165) is 12.1 Å². The Hall–Kier alpha value is -0.900. The van der Waals surface area contributed by atoms with Gasteiger partial charge >= 0.3 is 0 Å². The predicted octanol–water partition coefficient (Wildman–Crippen LogP) is 1.13. The van der Waals surface area contributed by atoms with E-state index in [-0.39, 0.29) is 12.1 Å². The van der Waals surface area contributed by atoms with Crippen LogP contribution < -0.4 is 5.32 Å². The lowest BCUT2D eigenvalue weighted by Gasteiger charge is -2.29. The molecule has 0 aliphatic rings. The maximum atomic E-state index is 9.43. The summed E-state index contributed by atoms with van der Waals surface area (Å²) in [6, 6.07) is 9.94. The first-order valence-corrected chi connectivity index (χ1v) is 5.13. The van der Waals surface area contributed by atoms with Crippen molar-refractivity contribution in [3.05, 3.63) is 35.9 Å². The third-order valence-corrected chi connectivity index (χ3v) is 2.55. The highest BCUT2D eigenvalue weighted by atomic mass is 16.5. The standard InChI is InChI=1S/C12H19NO2/c1-12(10-14,13-8-9-15-2)11-6-4-3-5-7-11/h3-7,13-14H,8-10H2,1-2H3. The molecule has 0 amide bonds. The van der Waals surface area contributed by atoms with Gasteiger partial charge in [-0.15, -0.1) is 0 Å². The van der Waals surface area contributed by atoms with E-state index in [4.69, 9.17) is 4.74 Å². The van der Waals surface area contributed by atoms with Gasteiger partial charge in [0.1, 0.15) is 0 Å². The molecule has 0 heterocycles. The third kappa shape index (κ3) is 3.30. The highest BCUT2D eigenvalue weighted by Crippen LogP contribution is 2.19. The molecule has 0 spiro atoms. The van der Waals surface area contributed by atoms with Crippen molar-refractivity contribution in [3.63, 3.8) is 0 Å². The van der Waals surface area contributed by atoms with Crippen molar-refractivity contribution < 1.29 is 9.84 Å². The van der Waals surface area contributed by atoms with Crippen molar-refractivity contribution in [1.29, 1.82) is 0 Å². The molecule has 84 valence electrons. The molecular formula is C12H19NO2. The average Bonchev–Trinajstić information content (AvgIpc) is 2.30. The molecule has 1 aromatic carbocycles. The number of methoxy groups -OCH3 is 1. The first kappa shape index (κ1) is 12.2. The minimum atomic E-state index is -0.389. The molecule has 1 unspecified atom stereocenters. The third-order valence-electron chi connectivity index (χ3n) is 2.55. The Morgan fingerprint density at radius 1 is 1.33 bits per heavy atom. The van der Waals surface area contributed by atoms with Gasteiger partial charge in [-0.25, -0.2) is 0 Å². The van der Waals surface area contributed by atoms with E-state index >= 15 is 0 Å². The van der Waals surface area contributed by atoms with Gasteiger partial charge in [0.25, 0.3) is 0 Å². The highest BCUT2D eigenvalue weighted by molar-refractivity contribution is 5.23. The molecule has 2 N–H and O–H groups in total. The zero-order chi connectivity index (χ0) is 11.1. The molecule has 0 saturated heterocycles. The maximum absolute atomic E-state index is 9.43. The highest BCUT2D eigenvalue weighted by Gasteiger charge is 2.24. The van der Waals surface area contributed by atoms with Crippen molar-refractivity contribution in [1.82, 2.24) is 5.32 Å². The van der Waals surface area contributed by atoms with E-state index in [1.807, 2.05) is 37.3 Å². The van der Waals surface area contributed by atoms with Gasteiger partial charge in [0.05, 0.1) is 18.8 Å². The van der Waals surface area contributed by atoms with Crippen molar-refractivity contribution >= 4 is 0 Å². The molecule has 3 heteroatoms. The summed E-state index contributed by atoms with van der Waals surface area (Å²) in [6.45, 7) is 3.42. The van der Waals surface area contributed by atoms with Crippen molar-refractivity contribution in [2.24, 2.45) is 0 Å². The first-order chi connectivity index (χ1) is 7.23. The average molecular weight is 209 g/mol. The second-order valence-electron chi connectivity index (χ2n) is 3.78. The van der Waals surface area contributed by atoms with Gasteiger partial charge in [-0.3, -0.25) is 0 Å². The Morgan fingerprint density at radius 2 is 2.00 bits per heavy atom. The molecule has 0 fully saturated rings. The van der Waals surface area contributed by atoms with Gasteiger partial charge in [0.15, 0.2) is 0 Å². The summed E-state index contributed by atoms with van der Waals surface area (Å²) in [5.74, 6) is 0. The van der Waals surface area contributed by atoms with Crippen LogP contribution >= 0.6 is 0 Å². The number of aliphatic hydroxyl groups excluding tert-OH is 1. The molecule has 15 heavy (non-hydrogen) atoms. The van der Waals surface area contributed by atoms with Crippen LogP contribution in [0.1, 0.15) is 12.5 Å². The second kappa shape index (κ2) is 5.85. The molecule has 0 radical (unpaired) electrons. The van der Waals surface area contributed by atoms with Gasteiger partial charge in [-0.2, -0.15) is 0 Å². The summed E-state index contributed by atoms with van der Waals surface area (Å²) in [5.41, 5.74) is 0.698. The Balaban J connectivity index is 2.67. The molecule has 0 aromatic heterocycles. The number of aliphatic hydroxyl groups is 1. The van der Waals surface area contributed by atoms with E-state index in [0.29, 0.717) is 6.61 Å². The normalized spacial score (nSPS) is 14.9. The SMILES string of the molecule is COCCNC(C)(CO)c1ccccc1. The lowest BCUT2D eigenvalue weighted by atomic mass is 9.93. The Kier molecular flexibility index (Phi) is 4.75. The molecule has 3 nitrogen and oxygen atoms in total. The number of rotatable bonds is 6. The largest absolute Gasteiger partial charge is 0.394 e. The fraction of sp³-hybridized carbons (Fsp3) is 0.500. The summed E-state index contributed by atoms with van der Waals surface area (Å²) in [7, 11) is 1.67. The smallest absolute Gasteiger partial charge is 0.0652 e. The second-order valence-corrected chi connectivity index (χ2v) is 3.78. The molecule has 0 bridgehead atoms. The lowest BCUT2D eigenvalue weighted by molar-refractivity contribution is 0.148. The van der Waals surface area contributed by atoms with Gasteiger partial charge in [-0.1, -0.05) is 30.3 Å². The zero-order valence-electron chi connectivity index (χ0n) is 9.36. The minimum Gasteiger partial charge on any atom is -0.394 e. The zero-order valence-corrected chi connectivity index (χ0v) is 9.36.